The van der Waals surface area contributed by atoms with Gasteiger partial charge in [-0.15, -0.1) is 0 Å². The fourth-order valence-electron chi connectivity index (χ4n) is 1.91. The van der Waals surface area contributed by atoms with E-state index < -0.39 is 0 Å². The molecule has 1 heterocycles. The standard InChI is InChI=1S/C14H19N5O2/c1-3-6-19-13(16-9-17-19)8-21-12-7-11(14(15)18-20)5-4-10(12)2/h4-5,7,9,20H,3,6,8H2,1-2H3,(H2,15,18). The first-order valence-electron chi connectivity index (χ1n) is 6.73. The summed E-state index contributed by atoms with van der Waals surface area (Å²) in [5, 5.41) is 15.9. The van der Waals surface area contributed by atoms with E-state index in [1.165, 1.54) is 6.33 Å². The summed E-state index contributed by atoms with van der Waals surface area (Å²) >= 11 is 0. The summed E-state index contributed by atoms with van der Waals surface area (Å²) in [4.78, 5) is 4.19. The molecule has 0 amide bonds. The van der Waals surface area contributed by atoms with Gasteiger partial charge in [-0.05, 0) is 25.0 Å². The number of benzene rings is 1. The van der Waals surface area contributed by atoms with E-state index in [1.807, 2.05) is 17.7 Å². The summed E-state index contributed by atoms with van der Waals surface area (Å²) in [6.07, 6.45) is 2.50. The second-order valence-electron chi connectivity index (χ2n) is 4.65. The van der Waals surface area contributed by atoms with Crippen molar-refractivity contribution in [3.05, 3.63) is 41.5 Å². The maximum absolute atomic E-state index is 8.72. The predicted octanol–water partition coefficient (Wildman–Crippen LogP) is 1.67. The molecule has 0 radical (unpaired) electrons. The molecule has 0 saturated heterocycles. The fourth-order valence-corrected chi connectivity index (χ4v) is 1.91. The average Bonchev–Trinajstić information content (AvgIpc) is 2.93. The van der Waals surface area contributed by atoms with Gasteiger partial charge in [0, 0.05) is 12.1 Å². The Morgan fingerprint density at radius 2 is 2.29 bits per heavy atom. The SMILES string of the molecule is CCCn1ncnc1COc1cc(/C(N)=N/O)ccc1C. The van der Waals surface area contributed by atoms with Crippen molar-refractivity contribution in [2.45, 2.75) is 33.4 Å². The quantitative estimate of drug-likeness (QED) is 0.365. The minimum atomic E-state index is 0.0500. The summed E-state index contributed by atoms with van der Waals surface area (Å²) < 4.78 is 7.61. The highest BCUT2D eigenvalue weighted by Gasteiger charge is 2.08. The van der Waals surface area contributed by atoms with Crippen LogP contribution in [0.3, 0.4) is 0 Å². The summed E-state index contributed by atoms with van der Waals surface area (Å²) in [6, 6.07) is 5.38. The van der Waals surface area contributed by atoms with Crippen molar-refractivity contribution in [1.82, 2.24) is 14.8 Å². The largest absolute Gasteiger partial charge is 0.485 e. The van der Waals surface area contributed by atoms with E-state index in [-0.39, 0.29) is 5.84 Å². The van der Waals surface area contributed by atoms with Crippen molar-refractivity contribution in [1.29, 1.82) is 0 Å². The van der Waals surface area contributed by atoms with Crippen LogP contribution >= 0.6 is 0 Å². The minimum absolute atomic E-state index is 0.0500. The van der Waals surface area contributed by atoms with E-state index in [1.54, 1.807) is 12.1 Å². The van der Waals surface area contributed by atoms with E-state index in [0.717, 1.165) is 24.4 Å². The Hall–Kier alpha value is -2.57. The van der Waals surface area contributed by atoms with E-state index in [0.29, 0.717) is 17.9 Å². The number of nitrogens with zero attached hydrogens (tertiary/aromatic N) is 4. The molecule has 0 bridgehead atoms. The van der Waals surface area contributed by atoms with Gasteiger partial charge >= 0.3 is 0 Å². The van der Waals surface area contributed by atoms with Gasteiger partial charge in [-0.25, -0.2) is 9.67 Å². The topological polar surface area (TPSA) is 98.5 Å². The number of aromatic nitrogens is 3. The highest BCUT2D eigenvalue weighted by atomic mass is 16.5. The van der Waals surface area contributed by atoms with E-state index in [2.05, 4.69) is 22.2 Å². The molecule has 0 fully saturated rings. The monoisotopic (exact) mass is 289 g/mol. The number of aryl methyl sites for hydroxylation is 2. The zero-order valence-electron chi connectivity index (χ0n) is 12.2. The minimum Gasteiger partial charge on any atom is -0.485 e. The maximum atomic E-state index is 8.72. The normalized spacial score (nSPS) is 11.6. The van der Waals surface area contributed by atoms with Crippen LogP contribution in [0.15, 0.2) is 29.7 Å². The van der Waals surface area contributed by atoms with E-state index in [9.17, 15) is 0 Å². The van der Waals surface area contributed by atoms with Crippen molar-refractivity contribution < 1.29 is 9.94 Å². The molecule has 1 aromatic carbocycles. The number of nitrogens with two attached hydrogens (primary N) is 1. The van der Waals surface area contributed by atoms with Crippen LogP contribution in [0.4, 0.5) is 0 Å². The Morgan fingerprint density at radius 3 is 3.00 bits per heavy atom. The Kier molecular flexibility index (Phi) is 4.76. The molecule has 0 saturated carbocycles. The summed E-state index contributed by atoms with van der Waals surface area (Å²) in [7, 11) is 0. The third-order valence-corrected chi connectivity index (χ3v) is 3.08. The van der Waals surface area contributed by atoms with Gasteiger partial charge in [0.05, 0.1) is 0 Å². The van der Waals surface area contributed by atoms with Gasteiger partial charge in [0.15, 0.2) is 11.7 Å². The maximum Gasteiger partial charge on any atom is 0.170 e. The van der Waals surface area contributed by atoms with Gasteiger partial charge in [-0.2, -0.15) is 5.10 Å². The van der Waals surface area contributed by atoms with Crippen molar-refractivity contribution >= 4 is 5.84 Å². The number of amidine groups is 1. The average molecular weight is 289 g/mol. The predicted molar refractivity (Wildman–Crippen MR) is 78.3 cm³/mol. The molecule has 0 aliphatic heterocycles. The third-order valence-electron chi connectivity index (χ3n) is 3.08. The van der Waals surface area contributed by atoms with Crippen LogP contribution in [0.2, 0.25) is 0 Å². The Labute approximate surface area is 123 Å². The molecular weight excluding hydrogens is 270 g/mol. The highest BCUT2D eigenvalue weighted by Crippen LogP contribution is 2.20. The van der Waals surface area contributed by atoms with Crippen LogP contribution in [0.25, 0.3) is 0 Å². The van der Waals surface area contributed by atoms with Gasteiger partial charge in [0.1, 0.15) is 18.7 Å². The van der Waals surface area contributed by atoms with Crippen molar-refractivity contribution in [2.24, 2.45) is 10.9 Å². The molecule has 1 aromatic heterocycles. The van der Waals surface area contributed by atoms with Gasteiger partial charge in [0.25, 0.3) is 0 Å². The van der Waals surface area contributed by atoms with E-state index in [4.69, 9.17) is 15.7 Å². The molecular formula is C14H19N5O2. The molecule has 0 atom stereocenters. The highest BCUT2D eigenvalue weighted by molar-refractivity contribution is 5.97. The number of rotatable bonds is 6. The van der Waals surface area contributed by atoms with Gasteiger partial charge in [-0.1, -0.05) is 24.2 Å². The summed E-state index contributed by atoms with van der Waals surface area (Å²) in [5.41, 5.74) is 7.15. The lowest BCUT2D eigenvalue weighted by atomic mass is 10.1. The Morgan fingerprint density at radius 1 is 1.48 bits per heavy atom. The second kappa shape index (κ2) is 6.74. The Balaban J connectivity index is 2.14. The first kappa shape index (κ1) is 14.8. The van der Waals surface area contributed by atoms with Crippen LogP contribution < -0.4 is 10.5 Å². The van der Waals surface area contributed by atoms with Crippen LogP contribution in [-0.2, 0) is 13.2 Å². The molecule has 0 unspecified atom stereocenters. The van der Waals surface area contributed by atoms with Gasteiger partial charge in [0.2, 0.25) is 0 Å². The zero-order chi connectivity index (χ0) is 15.2. The molecule has 0 spiro atoms. The number of ether oxygens (including phenoxy) is 1. The number of hydrogen-bond acceptors (Lipinski definition) is 5. The molecule has 7 nitrogen and oxygen atoms in total. The lowest BCUT2D eigenvalue weighted by Crippen LogP contribution is -2.13. The smallest absolute Gasteiger partial charge is 0.170 e. The lowest BCUT2D eigenvalue weighted by molar-refractivity contribution is 0.284. The van der Waals surface area contributed by atoms with Crippen LogP contribution in [0.1, 0.15) is 30.3 Å². The number of hydrogen-bond donors (Lipinski definition) is 2. The molecule has 3 N–H and O–H groups in total. The molecule has 7 heteroatoms. The summed E-state index contributed by atoms with van der Waals surface area (Å²) in [6.45, 7) is 5.14. The third kappa shape index (κ3) is 3.50. The van der Waals surface area contributed by atoms with Crippen LogP contribution in [-0.4, -0.2) is 25.8 Å². The molecule has 0 aliphatic rings. The van der Waals surface area contributed by atoms with Crippen molar-refractivity contribution in [3.8, 4) is 5.75 Å². The van der Waals surface area contributed by atoms with Gasteiger partial charge in [-0.3, -0.25) is 0 Å². The number of oxime groups is 1. The van der Waals surface area contributed by atoms with E-state index >= 15 is 0 Å². The molecule has 2 aromatic rings. The Bertz CT molecular complexity index is 636. The van der Waals surface area contributed by atoms with Crippen molar-refractivity contribution in [2.75, 3.05) is 0 Å². The second-order valence-corrected chi connectivity index (χ2v) is 4.65. The zero-order valence-corrected chi connectivity index (χ0v) is 12.2. The molecule has 21 heavy (non-hydrogen) atoms. The molecule has 112 valence electrons. The lowest BCUT2D eigenvalue weighted by Gasteiger charge is -2.11. The molecule has 2 rings (SSSR count). The fraction of sp³-hybridized carbons (Fsp3) is 0.357. The first-order chi connectivity index (χ1) is 10.2. The molecule has 0 aliphatic carbocycles. The first-order valence-corrected chi connectivity index (χ1v) is 6.73. The summed E-state index contributed by atoms with van der Waals surface area (Å²) in [5.74, 6) is 1.49. The van der Waals surface area contributed by atoms with Crippen molar-refractivity contribution in [3.63, 3.8) is 0 Å². The van der Waals surface area contributed by atoms with Crippen LogP contribution in [0, 0.1) is 6.92 Å². The van der Waals surface area contributed by atoms with Crippen LogP contribution in [0.5, 0.6) is 5.75 Å². The van der Waals surface area contributed by atoms with Gasteiger partial charge < -0.3 is 15.7 Å².